The van der Waals surface area contributed by atoms with Crippen LogP contribution in [0.3, 0.4) is 0 Å². The first-order valence-electron chi connectivity index (χ1n) is 13.2. The summed E-state index contributed by atoms with van der Waals surface area (Å²) < 4.78 is 10.4. The van der Waals surface area contributed by atoms with Gasteiger partial charge in [0.15, 0.2) is 6.10 Å². The maximum absolute atomic E-state index is 11.9. The van der Waals surface area contributed by atoms with Crippen LogP contribution < -0.4 is 0 Å². The van der Waals surface area contributed by atoms with Gasteiger partial charge in [0.1, 0.15) is 6.61 Å². The number of hydrogen-bond donors (Lipinski definition) is 1. The van der Waals surface area contributed by atoms with Gasteiger partial charge in [0, 0.05) is 12.8 Å². The standard InChI is InChI=1S/C27H50O5/c1-3-5-7-9-11-13-14-16-18-20-22-27(30)32-25(23-28)24-31-26(29)21-19-17-15-12-10-8-6-4-2/h25,28H,1-24H2/q-2/t25-/m0/s1. The molecule has 0 amide bonds. The molecule has 0 aromatic carbocycles. The van der Waals surface area contributed by atoms with Crippen molar-refractivity contribution >= 4 is 11.9 Å². The molecule has 0 radical (unpaired) electrons. The zero-order chi connectivity index (χ0) is 23.7. The Kier molecular flexibility index (Phi) is 23.7. The molecule has 0 unspecified atom stereocenters. The number of aliphatic hydroxyl groups is 1. The largest absolute Gasteiger partial charge is 0.462 e. The number of aliphatic hydroxyl groups excluding tert-OH is 1. The van der Waals surface area contributed by atoms with Gasteiger partial charge in [0.2, 0.25) is 0 Å². The van der Waals surface area contributed by atoms with E-state index >= 15 is 0 Å². The van der Waals surface area contributed by atoms with Crippen LogP contribution in [0.25, 0.3) is 0 Å². The number of ether oxygens (including phenoxy) is 2. The molecule has 0 aliphatic carbocycles. The summed E-state index contributed by atoms with van der Waals surface area (Å²) in [6.45, 7) is 7.30. The van der Waals surface area contributed by atoms with Crippen LogP contribution in [0.4, 0.5) is 0 Å². The molecule has 0 fully saturated rings. The molecule has 0 aromatic heterocycles. The summed E-state index contributed by atoms with van der Waals surface area (Å²) in [4.78, 5) is 23.8. The highest BCUT2D eigenvalue weighted by Crippen LogP contribution is 2.12. The molecule has 5 heteroatoms. The summed E-state index contributed by atoms with van der Waals surface area (Å²) in [7, 11) is 0. The van der Waals surface area contributed by atoms with E-state index in [1.807, 2.05) is 0 Å². The fourth-order valence-electron chi connectivity index (χ4n) is 3.64. The van der Waals surface area contributed by atoms with Crippen molar-refractivity contribution in [2.24, 2.45) is 0 Å². The van der Waals surface area contributed by atoms with Crippen molar-refractivity contribution in [3.05, 3.63) is 13.8 Å². The van der Waals surface area contributed by atoms with Gasteiger partial charge in [-0.15, -0.1) is 0 Å². The molecule has 1 atom stereocenters. The molecule has 0 aliphatic heterocycles. The molecule has 0 spiro atoms. The second-order valence-corrected chi connectivity index (χ2v) is 8.84. The molecule has 1 N–H and O–H groups in total. The number of unbranched alkanes of at least 4 members (excludes halogenated alkanes) is 16. The van der Waals surface area contributed by atoms with Gasteiger partial charge < -0.3 is 28.4 Å². The van der Waals surface area contributed by atoms with Crippen LogP contribution >= 0.6 is 0 Å². The number of hydrogen-bond acceptors (Lipinski definition) is 5. The zero-order valence-electron chi connectivity index (χ0n) is 20.6. The molecular formula is C27H50O5-2. The minimum Gasteiger partial charge on any atom is -0.462 e. The topological polar surface area (TPSA) is 72.8 Å². The highest BCUT2D eigenvalue weighted by Gasteiger charge is 2.16. The molecule has 190 valence electrons. The third-order valence-corrected chi connectivity index (χ3v) is 5.69. The Morgan fingerprint density at radius 1 is 0.594 bits per heavy atom. The minimum absolute atomic E-state index is 0.0692. The van der Waals surface area contributed by atoms with Gasteiger partial charge in [-0.2, -0.15) is 12.8 Å². The van der Waals surface area contributed by atoms with Crippen LogP contribution in [0.15, 0.2) is 0 Å². The molecule has 0 aromatic rings. The summed E-state index contributed by atoms with van der Waals surface area (Å²) in [6.07, 6.45) is 20.4. The lowest BCUT2D eigenvalue weighted by Gasteiger charge is -2.15. The smallest absolute Gasteiger partial charge is 0.306 e. The highest BCUT2D eigenvalue weighted by atomic mass is 16.6. The first kappa shape index (κ1) is 30.9. The Morgan fingerprint density at radius 2 is 0.969 bits per heavy atom. The van der Waals surface area contributed by atoms with Crippen LogP contribution in [0.2, 0.25) is 0 Å². The fraction of sp³-hybridized carbons (Fsp3) is 0.852. The maximum atomic E-state index is 11.9. The summed E-state index contributed by atoms with van der Waals surface area (Å²) in [6, 6.07) is 0. The second-order valence-electron chi connectivity index (χ2n) is 8.84. The van der Waals surface area contributed by atoms with Crippen molar-refractivity contribution in [2.75, 3.05) is 13.2 Å². The summed E-state index contributed by atoms with van der Waals surface area (Å²) in [5.74, 6) is -0.616. The molecule has 32 heavy (non-hydrogen) atoms. The lowest BCUT2D eigenvalue weighted by atomic mass is 10.1. The Labute approximate surface area is 198 Å². The van der Waals surface area contributed by atoms with Crippen molar-refractivity contribution < 1.29 is 24.2 Å². The van der Waals surface area contributed by atoms with E-state index < -0.39 is 6.10 Å². The summed E-state index contributed by atoms with van der Waals surface area (Å²) in [5.41, 5.74) is 0. The lowest BCUT2D eigenvalue weighted by molar-refractivity contribution is -0.161. The molecule has 5 nitrogen and oxygen atoms in total. The Bertz CT molecular complexity index is 424. The maximum Gasteiger partial charge on any atom is 0.306 e. The highest BCUT2D eigenvalue weighted by molar-refractivity contribution is 5.70. The quantitative estimate of drug-likeness (QED) is 0.0975. The molecule has 0 heterocycles. The van der Waals surface area contributed by atoms with E-state index in [0.29, 0.717) is 12.8 Å². The average Bonchev–Trinajstić information content (AvgIpc) is 2.79. The van der Waals surface area contributed by atoms with Gasteiger partial charge in [-0.3, -0.25) is 9.59 Å². The minimum atomic E-state index is -0.766. The number of carbonyl (C=O) groups excluding carboxylic acids is 2. The first-order chi connectivity index (χ1) is 15.6. The fourth-order valence-corrected chi connectivity index (χ4v) is 3.64. The predicted molar refractivity (Wildman–Crippen MR) is 131 cm³/mol. The van der Waals surface area contributed by atoms with Crippen LogP contribution in [0.5, 0.6) is 0 Å². The zero-order valence-corrected chi connectivity index (χ0v) is 20.6. The molecule has 0 rings (SSSR count). The van der Waals surface area contributed by atoms with Crippen molar-refractivity contribution in [3.8, 4) is 0 Å². The molecule has 0 saturated heterocycles. The monoisotopic (exact) mass is 454 g/mol. The summed E-state index contributed by atoms with van der Waals surface area (Å²) >= 11 is 0. The SMILES string of the molecule is [CH2-]CCCCCCCCCCCC(=O)O[C@@H](CO)COC(=O)CCCCCCCCC[CH2-]. The van der Waals surface area contributed by atoms with Crippen LogP contribution in [0.1, 0.15) is 128 Å². The summed E-state index contributed by atoms with van der Waals surface area (Å²) in [5, 5.41) is 9.39. The van der Waals surface area contributed by atoms with Gasteiger partial charge in [0.25, 0.3) is 0 Å². The van der Waals surface area contributed by atoms with Crippen molar-refractivity contribution in [2.45, 2.75) is 135 Å². The Balaban J connectivity index is 3.61. The molecule has 0 aliphatic rings. The lowest BCUT2D eigenvalue weighted by Crippen LogP contribution is -2.28. The van der Waals surface area contributed by atoms with E-state index in [1.54, 1.807) is 0 Å². The predicted octanol–water partition coefficient (Wildman–Crippen LogP) is 6.90. The van der Waals surface area contributed by atoms with E-state index in [0.717, 1.165) is 51.4 Å². The van der Waals surface area contributed by atoms with E-state index in [2.05, 4.69) is 13.8 Å². The van der Waals surface area contributed by atoms with E-state index in [1.165, 1.54) is 64.2 Å². The molecule has 0 saturated carbocycles. The number of rotatable bonds is 24. The Hall–Kier alpha value is -1.10. The van der Waals surface area contributed by atoms with Gasteiger partial charge in [-0.25, -0.2) is 0 Å². The second kappa shape index (κ2) is 24.5. The van der Waals surface area contributed by atoms with Gasteiger partial charge >= 0.3 is 11.9 Å². The number of carbonyl (C=O) groups is 2. The van der Waals surface area contributed by atoms with Crippen LogP contribution in [-0.2, 0) is 19.1 Å². The van der Waals surface area contributed by atoms with E-state index in [-0.39, 0.29) is 25.2 Å². The van der Waals surface area contributed by atoms with Crippen LogP contribution in [-0.4, -0.2) is 36.4 Å². The van der Waals surface area contributed by atoms with Gasteiger partial charge in [-0.05, 0) is 12.8 Å². The van der Waals surface area contributed by atoms with Gasteiger partial charge in [0.05, 0.1) is 6.61 Å². The Morgan fingerprint density at radius 3 is 1.38 bits per heavy atom. The first-order valence-corrected chi connectivity index (χ1v) is 13.2. The van der Waals surface area contributed by atoms with Gasteiger partial charge in [-0.1, -0.05) is 89.9 Å². The van der Waals surface area contributed by atoms with Crippen molar-refractivity contribution in [3.63, 3.8) is 0 Å². The van der Waals surface area contributed by atoms with E-state index in [9.17, 15) is 14.7 Å². The van der Waals surface area contributed by atoms with Crippen molar-refractivity contribution in [1.82, 2.24) is 0 Å². The van der Waals surface area contributed by atoms with Crippen LogP contribution in [0, 0.1) is 13.8 Å². The third-order valence-electron chi connectivity index (χ3n) is 5.69. The van der Waals surface area contributed by atoms with Crippen molar-refractivity contribution in [1.29, 1.82) is 0 Å². The number of esters is 2. The normalized spacial score (nSPS) is 12.0. The third kappa shape index (κ3) is 22.1. The molecule has 0 bridgehead atoms. The van der Waals surface area contributed by atoms with E-state index in [4.69, 9.17) is 9.47 Å². The molecular weight excluding hydrogens is 404 g/mol. The average molecular weight is 455 g/mol.